The van der Waals surface area contributed by atoms with Gasteiger partial charge in [-0.3, -0.25) is 0 Å². The lowest BCUT2D eigenvalue weighted by atomic mass is 9.96. The van der Waals surface area contributed by atoms with Crippen LogP contribution in [0.1, 0.15) is 24.0 Å². The van der Waals surface area contributed by atoms with Crippen LogP contribution < -0.4 is 10.1 Å². The van der Waals surface area contributed by atoms with Crippen LogP contribution in [0.2, 0.25) is 5.02 Å². The molecule has 1 aliphatic heterocycles. The van der Waals surface area contributed by atoms with Crippen molar-refractivity contribution in [2.75, 3.05) is 20.2 Å². The van der Waals surface area contributed by atoms with Gasteiger partial charge in [0, 0.05) is 17.0 Å². The molecule has 0 aromatic heterocycles. The molecule has 2 atom stereocenters. The standard InChI is InChI=1S/C20H21ClN2O2/c1-22-10-5-11-24-23-19-16-9-8-15(21)12-18(16)25-20(13-17(19)20)14-6-3-2-4-7-14/h2-4,6-9,12,17,22H,5,10-11,13H2,1H3. The molecule has 1 heterocycles. The molecule has 2 aliphatic rings. The van der Waals surface area contributed by atoms with E-state index in [1.54, 1.807) is 0 Å². The molecule has 1 saturated carbocycles. The predicted molar refractivity (Wildman–Crippen MR) is 99.3 cm³/mol. The summed E-state index contributed by atoms with van der Waals surface area (Å²) in [5.74, 6) is 0.996. The Kier molecular flexibility index (Phi) is 4.40. The van der Waals surface area contributed by atoms with Gasteiger partial charge in [-0.2, -0.15) is 0 Å². The maximum Gasteiger partial charge on any atom is 0.143 e. The summed E-state index contributed by atoms with van der Waals surface area (Å²) in [4.78, 5) is 5.60. The molecule has 1 N–H and O–H groups in total. The highest BCUT2D eigenvalue weighted by molar-refractivity contribution is 6.31. The predicted octanol–water partition coefficient (Wildman–Crippen LogP) is 3.98. The van der Waals surface area contributed by atoms with E-state index in [1.165, 1.54) is 5.56 Å². The molecule has 5 heteroatoms. The van der Waals surface area contributed by atoms with Crippen molar-refractivity contribution in [3.8, 4) is 5.75 Å². The summed E-state index contributed by atoms with van der Waals surface area (Å²) >= 11 is 6.18. The van der Waals surface area contributed by atoms with Crippen LogP contribution in [0.4, 0.5) is 0 Å². The van der Waals surface area contributed by atoms with E-state index in [0.717, 1.165) is 36.4 Å². The molecular weight excluding hydrogens is 336 g/mol. The summed E-state index contributed by atoms with van der Waals surface area (Å²) in [6.07, 6.45) is 1.83. The van der Waals surface area contributed by atoms with E-state index in [4.69, 9.17) is 21.2 Å². The number of nitrogens with one attached hydrogen (secondary N) is 1. The summed E-state index contributed by atoms with van der Waals surface area (Å²) in [5.41, 5.74) is 2.78. The zero-order valence-electron chi connectivity index (χ0n) is 14.2. The molecule has 0 amide bonds. The first-order valence-corrected chi connectivity index (χ1v) is 9.01. The van der Waals surface area contributed by atoms with Gasteiger partial charge in [0.05, 0.1) is 11.6 Å². The van der Waals surface area contributed by atoms with Gasteiger partial charge in [-0.25, -0.2) is 0 Å². The van der Waals surface area contributed by atoms with Gasteiger partial charge in [-0.05, 0) is 43.8 Å². The molecule has 4 rings (SSSR count). The summed E-state index contributed by atoms with van der Waals surface area (Å²) in [6, 6.07) is 16.0. The first kappa shape index (κ1) is 16.4. The fraction of sp³-hybridized carbons (Fsp3) is 0.350. The highest BCUT2D eigenvalue weighted by Crippen LogP contribution is 2.60. The van der Waals surface area contributed by atoms with Gasteiger partial charge in [0.25, 0.3) is 0 Å². The van der Waals surface area contributed by atoms with Gasteiger partial charge in [0.15, 0.2) is 0 Å². The minimum Gasteiger partial charge on any atom is -0.481 e. The third-order valence-corrected chi connectivity index (χ3v) is 5.07. The molecule has 1 aliphatic carbocycles. The van der Waals surface area contributed by atoms with E-state index in [9.17, 15) is 0 Å². The van der Waals surface area contributed by atoms with E-state index in [-0.39, 0.29) is 11.5 Å². The average Bonchev–Trinajstić information content (AvgIpc) is 3.37. The summed E-state index contributed by atoms with van der Waals surface area (Å²) in [5, 5.41) is 8.26. The molecule has 25 heavy (non-hydrogen) atoms. The van der Waals surface area contributed by atoms with Crippen molar-refractivity contribution >= 4 is 17.3 Å². The molecule has 2 unspecified atom stereocenters. The lowest BCUT2D eigenvalue weighted by Gasteiger charge is -2.27. The Morgan fingerprint density at radius 1 is 1.28 bits per heavy atom. The largest absolute Gasteiger partial charge is 0.481 e. The Labute approximate surface area is 152 Å². The summed E-state index contributed by atoms with van der Waals surface area (Å²) in [7, 11) is 1.93. The second kappa shape index (κ2) is 6.70. The fourth-order valence-corrected chi connectivity index (χ4v) is 3.65. The number of nitrogens with zero attached hydrogens (tertiary/aromatic N) is 1. The molecule has 0 spiro atoms. The molecule has 2 aromatic carbocycles. The van der Waals surface area contributed by atoms with Crippen LogP contribution in [0.25, 0.3) is 0 Å². The number of oxime groups is 1. The lowest BCUT2D eigenvalue weighted by molar-refractivity contribution is 0.135. The zero-order chi connectivity index (χ0) is 17.3. The monoisotopic (exact) mass is 356 g/mol. The van der Waals surface area contributed by atoms with Crippen molar-refractivity contribution in [3.63, 3.8) is 0 Å². The number of ether oxygens (including phenoxy) is 1. The Hall–Kier alpha value is -2.04. The first-order valence-electron chi connectivity index (χ1n) is 8.63. The van der Waals surface area contributed by atoms with Gasteiger partial charge >= 0.3 is 0 Å². The van der Waals surface area contributed by atoms with Crippen molar-refractivity contribution in [3.05, 3.63) is 64.7 Å². The van der Waals surface area contributed by atoms with Crippen LogP contribution in [0.3, 0.4) is 0 Å². The van der Waals surface area contributed by atoms with Crippen molar-refractivity contribution in [2.24, 2.45) is 11.1 Å². The van der Waals surface area contributed by atoms with Crippen LogP contribution in [-0.2, 0) is 10.4 Å². The maximum atomic E-state index is 6.40. The van der Waals surface area contributed by atoms with Gasteiger partial charge in [-0.1, -0.05) is 47.1 Å². The van der Waals surface area contributed by atoms with Crippen LogP contribution in [0.15, 0.2) is 53.7 Å². The Balaban J connectivity index is 1.65. The van der Waals surface area contributed by atoms with Crippen molar-refractivity contribution in [2.45, 2.75) is 18.4 Å². The van der Waals surface area contributed by atoms with Crippen LogP contribution >= 0.6 is 11.6 Å². The fourth-order valence-electron chi connectivity index (χ4n) is 3.49. The van der Waals surface area contributed by atoms with Crippen LogP contribution in [0, 0.1) is 5.92 Å². The van der Waals surface area contributed by atoms with E-state index in [0.29, 0.717) is 11.6 Å². The van der Waals surface area contributed by atoms with Crippen molar-refractivity contribution in [1.82, 2.24) is 5.32 Å². The molecule has 130 valence electrons. The Morgan fingerprint density at radius 2 is 2.12 bits per heavy atom. The smallest absolute Gasteiger partial charge is 0.143 e. The SMILES string of the molecule is CNCCCON=C1c2ccc(Cl)cc2OC2(c3ccccc3)CC12. The van der Waals surface area contributed by atoms with Crippen molar-refractivity contribution in [1.29, 1.82) is 0 Å². The first-order chi connectivity index (χ1) is 12.2. The van der Waals surface area contributed by atoms with Crippen LogP contribution in [0.5, 0.6) is 5.75 Å². The lowest BCUT2D eigenvalue weighted by Crippen LogP contribution is -2.28. The van der Waals surface area contributed by atoms with Crippen LogP contribution in [-0.4, -0.2) is 25.9 Å². The second-order valence-electron chi connectivity index (χ2n) is 6.52. The molecular formula is C20H21ClN2O2. The number of hydrogen-bond donors (Lipinski definition) is 1. The maximum absolute atomic E-state index is 6.40. The Morgan fingerprint density at radius 3 is 2.92 bits per heavy atom. The third-order valence-electron chi connectivity index (χ3n) is 4.84. The van der Waals surface area contributed by atoms with E-state index >= 15 is 0 Å². The minimum atomic E-state index is -0.341. The quantitative estimate of drug-likeness (QED) is 0.629. The summed E-state index contributed by atoms with van der Waals surface area (Å²) < 4.78 is 6.40. The number of hydrogen-bond acceptors (Lipinski definition) is 4. The molecule has 0 bridgehead atoms. The molecule has 4 nitrogen and oxygen atoms in total. The number of fused-ring (bicyclic) bond motifs is 2. The minimum absolute atomic E-state index is 0.216. The third kappa shape index (κ3) is 3.00. The zero-order valence-corrected chi connectivity index (χ0v) is 14.9. The molecule has 0 saturated heterocycles. The Bertz CT molecular complexity index is 794. The average molecular weight is 357 g/mol. The number of halogens is 1. The van der Waals surface area contributed by atoms with Gasteiger partial charge in [-0.15, -0.1) is 0 Å². The molecule has 0 radical (unpaired) electrons. The number of rotatable bonds is 6. The normalized spacial score (nSPS) is 25.0. The van der Waals surface area contributed by atoms with Gasteiger partial charge in [0.2, 0.25) is 0 Å². The van der Waals surface area contributed by atoms with Gasteiger partial charge in [0.1, 0.15) is 18.0 Å². The highest BCUT2D eigenvalue weighted by Gasteiger charge is 2.64. The molecule has 2 aromatic rings. The van der Waals surface area contributed by atoms with Crippen molar-refractivity contribution < 1.29 is 9.57 Å². The molecule has 1 fully saturated rings. The van der Waals surface area contributed by atoms with E-state index in [2.05, 4.69) is 22.6 Å². The van der Waals surface area contributed by atoms with Gasteiger partial charge < -0.3 is 14.9 Å². The highest BCUT2D eigenvalue weighted by atomic mass is 35.5. The second-order valence-corrected chi connectivity index (χ2v) is 6.96. The topological polar surface area (TPSA) is 42.8 Å². The summed E-state index contributed by atoms with van der Waals surface area (Å²) in [6.45, 7) is 1.51. The number of benzene rings is 2. The van der Waals surface area contributed by atoms with E-state index in [1.807, 2.05) is 43.4 Å². The van der Waals surface area contributed by atoms with E-state index < -0.39 is 0 Å².